The second-order valence-electron chi connectivity index (χ2n) is 5.34. The van der Waals surface area contributed by atoms with Crippen molar-refractivity contribution in [3.05, 3.63) is 11.7 Å². The highest BCUT2D eigenvalue weighted by Gasteiger charge is 2.25. The number of aromatic nitrogens is 2. The average Bonchev–Trinajstić information content (AvgIpc) is 2.71. The van der Waals surface area contributed by atoms with E-state index in [1.165, 1.54) is 0 Å². The summed E-state index contributed by atoms with van der Waals surface area (Å²) in [6, 6.07) is 0.300. The number of hydrogen-bond donors (Lipinski definition) is 1. The van der Waals surface area contributed by atoms with Gasteiger partial charge in [0.15, 0.2) is 5.82 Å². The molecule has 1 aromatic rings. The topological polar surface area (TPSA) is 60.2 Å². The fraction of sp³-hybridized carbons (Fsp3) is 0.833. The predicted molar refractivity (Wildman–Crippen MR) is 65.7 cm³/mol. The van der Waals surface area contributed by atoms with Crippen molar-refractivity contribution in [1.82, 2.24) is 15.5 Å². The zero-order valence-electron chi connectivity index (χ0n) is 11.6. The van der Waals surface area contributed by atoms with Crippen molar-refractivity contribution in [2.45, 2.75) is 46.3 Å². The first-order chi connectivity index (χ1) is 7.88. The minimum absolute atomic E-state index is 0.129. The lowest BCUT2D eigenvalue weighted by Gasteiger charge is -2.29. The van der Waals surface area contributed by atoms with E-state index in [-0.39, 0.29) is 11.5 Å². The molecule has 1 rings (SSSR count). The largest absolute Gasteiger partial charge is 0.374 e. The van der Waals surface area contributed by atoms with Gasteiger partial charge >= 0.3 is 0 Å². The molecule has 1 N–H and O–H groups in total. The van der Waals surface area contributed by atoms with Gasteiger partial charge < -0.3 is 14.6 Å². The zero-order chi connectivity index (χ0) is 13.1. The van der Waals surface area contributed by atoms with Crippen LogP contribution in [0.15, 0.2) is 4.52 Å². The molecule has 0 bridgehead atoms. The van der Waals surface area contributed by atoms with E-state index < -0.39 is 0 Å². The van der Waals surface area contributed by atoms with Crippen molar-refractivity contribution in [3.8, 4) is 0 Å². The van der Waals surface area contributed by atoms with Crippen LogP contribution in [0.3, 0.4) is 0 Å². The summed E-state index contributed by atoms with van der Waals surface area (Å²) in [5.74, 6) is 1.25. The highest BCUT2D eigenvalue weighted by Crippen LogP contribution is 2.22. The number of hydrogen-bond acceptors (Lipinski definition) is 5. The SMILES string of the molecule is CNC(Cc1nc(C(C)OC)no1)C(C)(C)C. The number of rotatable bonds is 5. The molecule has 0 aliphatic carbocycles. The maximum absolute atomic E-state index is 5.23. The predicted octanol–water partition coefficient (Wildman–Crippen LogP) is 1.95. The minimum Gasteiger partial charge on any atom is -0.374 e. The molecule has 2 unspecified atom stereocenters. The molecule has 0 saturated heterocycles. The van der Waals surface area contributed by atoms with Crippen LogP contribution in [0.5, 0.6) is 0 Å². The maximum atomic E-state index is 5.23. The first kappa shape index (κ1) is 14.1. The fourth-order valence-electron chi connectivity index (χ4n) is 1.64. The Bertz CT molecular complexity index is 344. The van der Waals surface area contributed by atoms with Crippen molar-refractivity contribution in [2.24, 2.45) is 5.41 Å². The van der Waals surface area contributed by atoms with Gasteiger partial charge in [-0.3, -0.25) is 0 Å². The maximum Gasteiger partial charge on any atom is 0.228 e. The van der Waals surface area contributed by atoms with Crippen molar-refractivity contribution in [1.29, 1.82) is 0 Å². The molecule has 1 heterocycles. The van der Waals surface area contributed by atoms with Crippen LogP contribution in [0.2, 0.25) is 0 Å². The van der Waals surface area contributed by atoms with Gasteiger partial charge in [0.1, 0.15) is 6.10 Å². The fourth-order valence-corrected chi connectivity index (χ4v) is 1.64. The molecule has 0 saturated carbocycles. The highest BCUT2D eigenvalue weighted by atomic mass is 16.5. The van der Waals surface area contributed by atoms with Gasteiger partial charge in [-0.15, -0.1) is 0 Å². The average molecular weight is 241 g/mol. The van der Waals surface area contributed by atoms with Gasteiger partial charge in [0.05, 0.1) is 0 Å². The Morgan fingerprint density at radius 2 is 2.06 bits per heavy atom. The van der Waals surface area contributed by atoms with Crippen LogP contribution in [-0.4, -0.2) is 30.3 Å². The van der Waals surface area contributed by atoms with E-state index in [1.54, 1.807) is 7.11 Å². The summed E-state index contributed by atoms with van der Waals surface area (Å²) in [7, 11) is 3.58. The third-order valence-electron chi connectivity index (χ3n) is 2.97. The molecule has 1 aromatic heterocycles. The van der Waals surface area contributed by atoms with Crippen LogP contribution >= 0.6 is 0 Å². The number of methoxy groups -OCH3 is 1. The lowest BCUT2D eigenvalue weighted by Crippen LogP contribution is -2.39. The normalized spacial score (nSPS) is 15.9. The van der Waals surface area contributed by atoms with E-state index in [1.807, 2.05) is 14.0 Å². The zero-order valence-corrected chi connectivity index (χ0v) is 11.6. The molecule has 98 valence electrons. The summed E-state index contributed by atoms with van der Waals surface area (Å²) in [6.07, 6.45) is 0.596. The molecule has 17 heavy (non-hydrogen) atoms. The Hall–Kier alpha value is -0.940. The minimum atomic E-state index is -0.129. The Balaban J connectivity index is 2.71. The van der Waals surface area contributed by atoms with Crippen molar-refractivity contribution in [3.63, 3.8) is 0 Å². The number of nitrogens with zero attached hydrogens (tertiary/aromatic N) is 2. The first-order valence-electron chi connectivity index (χ1n) is 5.91. The van der Waals surface area contributed by atoms with E-state index in [4.69, 9.17) is 9.26 Å². The lowest BCUT2D eigenvalue weighted by molar-refractivity contribution is 0.109. The van der Waals surface area contributed by atoms with Crippen molar-refractivity contribution < 1.29 is 9.26 Å². The number of ether oxygens (including phenoxy) is 1. The van der Waals surface area contributed by atoms with Gasteiger partial charge in [-0.2, -0.15) is 4.98 Å². The molecule has 2 atom stereocenters. The van der Waals surface area contributed by atoms with Gasteiger partial charge in [-0.05, 0) is 19.4 Å². The quantitative estimate of drug-likeness (QED) is 0.853. The van der Waals surface area contributed by atoms with E-state index in [0.29, 0.717) is 17.8 Å². The third-order valence-corrected chi connectivity index (χ3v) is 2.97. The van der Waals surface area contributed by atoms with Gasteiger partial charge in [0.25, 0.3) is 0 Å². The third kappa shape index (κ3) is 3.78. The van der Waals surface area contributed by atoms with Crippen molar-refractivity contribution in [2.75, 3.05) is 14.2 Å². The Labute approximate surface area is 103 Å². The molecule has 5 heteroatoms. The Morgan fingerprint density at radius 1 is 1.41 bits per heavy atom. The highest BCUT2D eigenvalue weighted by molar-refractivity contribution is 4.94. The van der Waals surface area contributed by atoms with Crippen LogP contribution in [0.4, 0.5) is 0 Å². The summed E-state index contributed by atoms with van der Waals surface area (Å²) in [5, 5.41) is 7.20. The Kier molecular flexibility index (Phi) is 4.65. The molecule has 0 fully saturated rings. The van der Waals surface area contributed by atoms with E-state index in [9.17, 15) is 0 Å². The summed E-state index contributed by atoms with van der Waals surface area (Å²) in [6.45, 7) is 8.45. The van der Waals surface area contributed by atoms with Crippen LogP contribution in [0.1, 0.15) is 45.5 Å². The molecule has 0 aliphatic rings. The monoisotopic (exact) mass is 241 g/mol. The summed E-state index contributed by atoms with van der Waals surface area (Å²) < 4.78 is 10.4. The summed E-state index contributed by atoms with van der Waals surface area (Å²) in [4.78, 5) is 4.34. The second kappa shape index (κ2) is 5.60. The molecule has 0 radical (unpaired) electrons. The molecule has 5 nitrogen and oxygen atoms in total. The molecule has 0 aromatic carbocycles. The number of nitrogens with one attached hydrogen (secondary N) is 1. The molecule has 0 amide bonds. The molecule has 0 spiro atoms. The van der Waals surface area contributed by atoms with Crippen molar-refractivity contribution >= 4 is 0 Å². The summed E-state index contributed by atoms with van der Waals surface area (Å²) in [5.41, 5.74) is 0.149. The molecular weight excluding hydrogens is 218 g/mol. The van der Waals surface area contributed by atoms with Gasteiger partial charge in [0.2, 0.25) is 5.89 Å². The van der Waals surface area contributed by atoms with E-state index in [2.05, 4.69) is 36.2 Å². The van der Waals surface area contributed by atoms with Crippen LogP contribution in [-0.2, 0) is 11.2 Å². The van der Waals surface area contributed by atoms with Crippen LogP contribution in [0, 0.1) is 5.41 Å². The first-order valence-corrected chi connectivity index (χ1v) is 5.91. The van der Waals surface area contributed by atoms with Crippen LogP contribution in [0.25, 0.3) is 0 Å². The molecule has 0 aliphatic heterocycles. The number of likely N-dealkylation sites (N-methyl/N-ethyl adjacent to an activating group) is 1. The van der Waals surface area contributed by atoms with Crippen LogP contribution < -0.4 is 5.32 Å². The Morgan fingerprint density at radius 3 is 2.53 bits per heavy atom. The summed E-state index contributed by atoms with van der Waals surface area (Å²) >= 11 is 0. The standard InChI is InChI=1S/C12H23N3O2/c1-8(16-6)11-14-10(17-15-11)7-9(13-5)12(2,3)4/h8-9,13H,7H2,1-6H3. The lowest BCUT2D eigenvalue weighted by atomic mass is 9.85. The van der Waals surface area contributed by atoms with Gasteiger partial charge in [0, 0.05) is 19.6 Å². The van der Waals surface area contributed by atoms with Gasteiger partial charge in [-0.1, -0.05) is 25.9 Å². The van der Waals surface area contributed by atoms with Gasteiger partial charge in [-0.25, -0.2) is 0 Å². The smallest absolute Gasteiger partial charge is 0.228 e. The van der Waals surface area contributed by atoms with E-state index in [0.717, 1.165) is 6.42 Å². The molecular formula is C12H23N3O2. The second-order valence-corrected chi connectivity index (χ2v) is 5.34. The van der Waals surface area contributed by atoms with E-state index >= 15 is 0 Å².